The van der Waals surface area contributed by atoms with Crippen molar-refractivity contribution in [3.8, 4) is 0 Å². The van der Waals surface area contributed by atoms with Gasteiger partial charge in [0, 0.05) is 12.5 Å². The molecule has 6 nitrogen and oxygen atoms in total. The third kappa shape index (κ3) is 3.64. The number of hydrogen-bond acceptors (Lipinski definition) is 5. The van der Waals surface area contributed by atoms with E-state index in [0.717, 1.165) is 12.1 Å². The molecule has 0 radical (unpaired) electrons. The number of hydrogen-bond donors (Lipinski definition) is 1. The van der Waals surface area contributed by atoms with Crippen LogP contribution in [0.3, 0.4) is 0 Å². The van der Waals surface area contributed by atoms with Crippen LogP contribution in [0.5, 0.6) is 0 Å². The van der Waals surface area contributed by atoms with Gasteiger partial charge in [0.25, 0.3) is 0 Å². The molecule has 0 fully saturated rings. The second kappa shape index (κ2) is 5.83. The molecule has 0 saturated carbocycles. The monoisotopic (exact) mass is 298 g/mol. The summed E-state index contributed by atoms with van der Waals surface area (Å²) in [6.07, 6.45) is 1.05. The normalized spacial score (nSPS) is 11.2. The first kappa shape index (κ1) is 14.2. The summed E-state index contributed by atoms with van der Waals surface area (Å²) < 4.78 is 41.1. The molecule has 0 aliphatic rings. The van der Waals surface area contributed by atoms with E-state index in [1.807, 2.05) is 0 Å². The number of carbonyl (C=O) groups is 1. The van der Waals surface area contributed by atoms with Crippen LogP contribution < -0.4 is 5.32 Å². The van der Waals surface area contributed by atoms with Gasteiger partial charge in [0.15, 0.2) is 15.7 Å². The summed E-state index contributed by atoms with van der Waals surface area (Å²) >= 11 is 0. The van der Waals surface area contributed by atoms with Crippen molar-refractivity contribution in [1.82, 2.24) is 5.16 Å². The first-order valence-corrected chi connectivity index (χ1v) is 7.31. The maximum atomic E-state index is 12.7. The average molecular weight is 298 g/mol. The van der Waals surface area contributed by atoms with E-state index in [0.29, 0.717) is 0 Å². The first-order chi connectivity index (χ1) is 9.47. The number of nitrogens with one attached hydrogen (secondary N) is 1. The molecule has 8 heteroatoms. The molecule has 20 heavy (non-hydrogen) atoms. The molecule has 2 aromatic rings. The van der Waals surface area contributed by atoms with Crippen LogP contribution in [0.25, 0.3) is 0 Å². The fraction of sp³-hybridized carbons (Fsp3) is 0.167. The zero-order valence-corrected chi connectivity index (χ0v) is 11.1. The standard InChI is InChI=1S/C12H11FN2O4S/c13-9-1-3-10(4-2-9)20(17,18)8-6-12(16)14-11-5-7-19-15-11/h1-5,7H,6,8H2,(H,14,15,16). The molecule has 2 rings (SSSR count). The summed E-state index contributed by atoms with van der Waals surface area (Å²) in [5, 5.41) is 5.86. The number of amides is 1. The minimum Gasteiger partial charge on any atom is -0.363 e. The van der Waals surface area contributed by atoms with E-state index in [9.17, 15) is 17.6 Å². The third-order valence-corrected chi connectivity index (χ3v) is 4.21. The SMILES string of the molecule is O=C(CCS(=O)(=O)c1ccc(F)cc1)Nc1ccon1. The quantitative estimate of drug-likeness (QED) is 0.847. The van der Waals surface area contributed by atoms with Gasteiger partial charge in [0.1, 0.15) is 12.1 Å². The van der Waals surface area contributed by atoms with Gasteiger partial charge >= 0.3 is 0 Å². The number of aromatic nitrogens is 1. The Kier molecular flexibility index (Phi) is 4.14. The van der Waals surface area contributed by atoms with Crippen LogP contribution in [-0.4, -0.2) is 25.2 Å². The van der Waals surface area contributed by atoms with Crippen molar-refractivity contribution in [2.75, 3.05) is 11.1 Å². The molecular formula is C12H11FN2O4S. The van der Waals surface area contributed by atoms with E-state index in [-0.39, 0.29) is 22.9 Å². The van der Waals surface area contributed by atoms with Crippen molar-refractivity contribution in [2.45, 2.75) is 11.3 Å². The predicted octanol–water partition coefficient (Wildman–Crippen LogP) is 1.62. The lowest BCUT2D eigenvalue weighted by atomic mass is 10.4. The van der Waals surface area contributed by atoms with Crippen LogP contribution >= 0.6 is 0 Å². The first-order valence-electron chi connectivity index (χ1n) is 5.66. The highest BCUT2D eigenvalue weighted by Gasteiger charge is 2.17. The number of sulfone groups is 1. The Hall–Kier alpha value is -2.22. The highest BCUT2D eigenvalue weighted by molar-refractivity contribution is 7.91. The van der Waals surface area contributed by atoms with Crippen molar-refractivity contribution in [2.24, 2.45) is 0 Å². The fourth-order valence-electron chi connectivity index (χ4n) is 1.47. The van der Waals surface area contributed by atoms with Crippen LogP contribution in [0.4, 0.5) is 10.2 Å². The van der Waals surface area contributed by atoms with E-state index in [1.165, 1.54) is 24.5 Å². The molecule has 1 heterocycles. The molecule has 0 unspecified atom stereocenters. The Morgan fingerprint density at radius 3 is 2.55 bits per heavy atom. The Balaban J connectivity index is 1.95. The minimum atomic E-state index is -3.62. The summed E-state index contributed by atoms with van der Waals surface area (Å²) in [4.78, 5) is 11.5. The lowest BCUT2D eigenvalue weighted by molar-refractivity contribution is -0.115. The number of anilines is 1. The summed E-state index contributed by atoms with van der Waals surface area (Å²) in [7, 11) is -3.62. The molecule has 1 aromatic heterocycles. The van der Waals surface area contributed by atoms with Crippen molar-refractivity contribution in [1.29, 1.82) is 0 Å². The summed E-state index contributed by atoms with van der Waals surface area (Å²) in [6.45, 7) is 0. The molecule has 0 atom stereocenters. The predicted molar refractivity (Wildman–Crippen MR) is 68.2 cm³/mol. The minimum absolute atomic E-state index is 0.0202. The van der Waals surface area contributed by atoms with Gasteiger partial charge in [-0.05, 0) is 24.3 Å². The molecule has 1 aromatic carbocycles. The van der Waals surface area contributed by atoms with Crippen molar-refractivity contribution < 1.29 is 22.1 Å². The Bertz CT molecular complexity index is 681. The maximum absolute atomic E-state index is 12.7. The topological polar surface area (TPSA) is 89.3 Å². The third-order valence-electron chi connectivity index (χ3n) is 2.48. The smallest absolute Gasteiger partial charge is 0.226 e. The van der Waals surface area contributed by atoms with Crippen LogP contribution in [0.2, 0.25) is 0 Å². The number of nitrogens with zero attached hydrogens (tertiary/aromatic N) is 1. The van der Waals surface area contributed by atoms with Crippen LogP contribution in [0.15, 0.2) is 46.0 Å². The number of halogens is 1. The van der Waals surface area contributed by atoms with Gasteiger partial charge < -0.3 is 9.84 Å². The van der Waals surface area contributed by atoms with Gasteiger partial charge in [-0.2, -0.15) is 0 Å². The fourth-order valence-corrected chi connectivity index (χ4v) is 2.71. The van der Waals surface area contributed by atoms with E-state index >= 15 is 0 Å². The Morgan fingerprint density at radius 1 is 1.25 bits per heavy atom. The number of rotatable bonds is 5. The highest BCUT2D eigenvalue weighted by atomic mass is 32.2. The molecule has 106 valence electrons. The van der Waals surface area contributed by atoms with E-state index in [1.54, 1.807) is 0 Å². The largest absolute Gasteiger partial charge is 0.363 e. The van der Waals surface area contributed by atoms with Gasteiger partial charge in [0.05, 0.1) is 10.6 Å². The van der Waals surface area contributed by atoms with Gasteiger partial charge in [-0.25, -0.2) is 12.8 Å². The molecule has 0 aliphatic carbocycles. The van der Waals surface area contributed by atoms with Crippen molar-refractivity contribution >= 4 is 21.6 Å². The summed E-state index contributed by atoms with van der Waals surface area (Å²) in [5.74, 6) is -1.17. The van der Waals surface area contributed by atoms with Gasteiger partial charge in [-0.15, -0.1) is 0 Å². The average Bonchev–Trinajstić information content (AvgIpc) is 2.90. The molecule has 0 spiro atoms. The van der Waals surface area contributed by atoms with Crippen LogP contribution in [0, 0.1) is 5.82 Å². The summed E-state index contributed by atoms with van der Waals surface area (Å²) in [6, 6.07) is 5.89. The molecule has 0 saturated heterocycles. The maximum Gasteiger partial charge on any atom is 0.226 e. The van der Waals surface area contributed by atoms with E-state index < -0.39 is 21.6 Å². The Labute approximate surface area is 114 Å². The zero-order valence-electron chi connectivity index (χ0n) is 10.2. The van der Waals surface area contributed by atoms with Crippen LogP contribution in [-0.2, 0) is 14.6 Å². The zero-order chi connectivity index (χ0) is 14.6. The van der Waals surface area contributed by atoms with Crippen LogP contribution in [0.1, 0.15) is 6.42 Å². The molecule has 1 amide bonds. The van der Waals surface area contributed by atoms with Gasteiger partial charge in [0.2, 0.25) is 5.91 Å². The highest BCUT2D eigenvalue weighted by Crippen LogP contribution is 2.13. The molecular weight excluding hydrogens is 287 g/mol. The van der Waals surface area contributed by atoms with Crippen molar-refractivity contribution in [3.05, 3.63) is 42.4 Å². The molecule has 1 N–H and O–H groups in total. The van der Waals surface area contributed by atoms with Gasteiger partial charge in [-0.1, -0.05) is 5.16 Å². The van der Waals surface area contributed by atoms with E-state index in [4.69, 9.17) is 0 Å². The number of carbonyl (C=O) groups excluding carboxylic acids is 1. The van der Waals surface area contributed by atoms with E-state index in [2.05, 4.69) is 15.0 Å². The van der Waals surface area contributed by atoms with Gasteiger partial charge in [-0.3, -0.25) is 4.79 Å². The number of benzene rings is 1. The second-order valence-electron chi connectivity index (χ2n) is 3.96. The molecule has 0 aliphatic heterocycles. The summed E-state index contributed by atoms with van der Waals surface area (Å²) in [5.41, 5.74) is 0. The molecule has 0 bridgehead atoms. The Morgan fingerprint density at radius 2 is 1.95 bits per heavy atom. The lowest BCUT2D eigenvalue weighted by Crippen LogP contribution is -2.17. The van der Waals surface area contributed by atoms with Crippen molar-refractivity contribution in [3.63, 3.8) is 0 Å². The lowest BCUT2D eigenvalue weighted by Gasteiger charge is -2.04. The second-order valence-corrected chi connectivity index (χ2v) is 6.06.